The second kappa shape index (κ2) is 9.34. The lowest BCUT2D eigenvalue weighted by atomic mass is 9.48. The Morgan fingerprint density at radius 2 is 1.58 bits per heavy atom. The average molecular weight is 447 g/mol. The van der Waals surface area contributed by atoms with Crippen molar-refractivity contribution in [2.24, 2.45) is 17.8 Å². The minimum Gasteiger partial charge on any atom is -0.493 e. The summed E-state index contributed by atoms with van der Waals surface area (Å²) in [5, 5.41) is 18.0. The SMILES string of the molecule is O=C(O)C=Cc1ccc(-c2ccc(OCCCCO)c(C34CC5CC(CC(C5)C3)C4)c2)cc1. The normalized spacial score (nSPS) is 27.8. The van der Waals surface area contributed by atoms with Gasteiger partial charge in [0, 0.05) is 18.2 Å². The molecule has 2 aromatic rings. The van der Waals surface area contributed by atoms with Crippen LogP contribution in [0.2, 0.25) is 0 Å². The van der Waals surface area contributed by atoms with Crippen molar-refractivity contribution in [3.8, 4) is 16.9 Å². The summed E-state index contributed by atoms with van der Waals surface area (Å²) in [4.78, 5) is 10.8. The van der Waals surface area contributed by atoms with Crippen molar-refractivity contribution in [3.05, 3.63) is 59.7 Å². The molecule has 6 rings (SSSR count). The molecule has 0 spiro atoms. The number of carboxylic acid groups (broad SMARTS) is 1. The van der Waals surface area contributed by atoms with Crippen molar-refractivity contribution in [2.45, 2.75) is 56.8 Å². The number of aliphatic hydroxyl groups is 1. The first-order valence-corrected chi connectivity index (χ1v) is 12.4. The van der Waals surface area contributed by atoms with Crippen LogP contribution in [0.4, 0.5) is 0 Å². The molecule has 0 aromatic heterocycles. The summed E-state index contributed by atoms with van der Waals surface area (Å²) in [6.07, 6.45) is 12.5. The van der Waals surface area contributed by atoms with Crippen molar-refractivity contribution in [1.82, 2.24) is 0 Å². The number of hydrogen-bond donors (Lipinski definition) is 2. The van der Waals surface area contributed by atoms with Gasteiger partial charge in [0.25, 0.3) is 0 Å². The Bertz CT molecular complexity index is 985. The molecule has 4 aliphatic carbocycles. The number of aliphatic carboxylic acids is 1. The summed E-state index contributed by atoms with van der Waals surface area (Å²) >= 11 is 0. The van der Waals surface area contributed by atoms with Gasteiger partial charge in [0.05, 0.1) is 6.61 Å². The van der Waals surface area contributed by atoms with Crippen molar-refractivity contribution < 1.29 is 19.7 Å². The van der Waals surface area contributed by atoms with E-state index < -0.39 is 5.97 Å². The van der Waals surface area contributed by atoms with E-state index in [1.54, 1.807) is 6.08 Å². The molecule has 4 saturated carbocycles. The fourth-order valence-electron chi connectivity index (χ4n) is 7.04. The second-order valence-electron chi connectivity index (χ2n) is 10.5. The van der Waals surface area contributed by atoms with Crippen LogP contribution in [0.1, 0.15) is 62.5 Å². The number of hydrogen-bond acceptors (Lipinski definition) is 3. The highest BCUT2D eigenvalue weighted by Gasteiger charge is 2.52. The summed E-state index contributed by atoms with van der Waals surface area (Å²) in [5.41, 5.74) is 4.84. The van der Waals surface area contributed by atoms with Gasteiger partial charge in [-0.25, -0.2) is 4.79 Å². The van der Waals surface area contributed by atoms with Gasteiger partial charge in [-0.05, 0) is 109 Å². The number of carboxylic acids is 1. The van der Waals surface area contributed by atoms with Crippen LogP contribution < -0.4 is 4.74 Å². The Labute approximate surface area is 196 Å². The molecular formula is C29H34O4. The highest BCUT2D eigenvalue weighted by atomic mass is 16.5. The summed E-state index contributed by atoms with van der Waals surface area (Å²) in [7, 11) is 0. The van der Waals surface area contributed by atoms with E-state index in [1.165, 1.54) is 55.7 Å². The third-order valence-corrected chi connectivity index (χ3v) is 8.06. The number of aliphatic hydroxyl groups excluding tert-OH is 1. The van der Waals surface area contributed by atoms with Crippen LogP contribution in [0, 0.1) is 17.8 Å². The van der Waals surface area contributed by atoms with E-state index in [0.717, 1.165) is 47.5 Å². The molecule has 4 fully saturated rings. The van der Waals surface area contributed by atoms with Gasteiger partial charge in [0.15, 0.2) is 0 Å². The number of unbranched alkanes of at least 4 members (excludes halogenated alkanes) is 1. The molecule has 2 N–H and O–H groups in total. The van der Waals surface area contributed by atoms with Gasteiger partial charge in [0.1, 0.15) is 5.75 Å². The van der Waals surface area contributed by atoms with Gasteiger partial charge in [-0.1, -0.05) is 30.3 Å². The van der Waals surface area contributed by atoms with Crippen LogP contribution in [-0.4, -0.2) is 29.4 Å². The molecule has 4 aliphatic rings. The molecule has 0 aliphatic heterocycles. The maximum absolute atomic E-state index is 10.8. The zero-order valence-electron chi connectivity index (χ0n) is 19.2. The predicted octanol–water partition coefficient (Wildman–Crippen LogP) is 6.07. The summed E-state index contributed by atoms with van der Waals surface area (Å²) in [6, 6.07) is 14.8. The Balaban J connectivity index is 1.46. The quantitative estimate of drug-likeness (QED) is 0.362. The number of rotatable bonds is 9. The maximum Gasteiger partial charge on any atom is 0.328 e. The fourth-order valence-corrected chi connectivity index (χ4v) is 7.04. The Morgan fingerprint density at radius 1 is 0.939 bits per heavy atom. The lowest BCUT2D eigenvalue weighted by Gasteiger charge is -2.57. The van der Waals surface area contributed by atoms with E-state index in [9.17, 15) is 4.79 Å². The van der Waals surface area contributed by atoms with Gasteiger partial charge in [-0.2, -0.15) is 0 Å². The topological polar surface area (TPSA) is 66.8 Å². The number of carbonyl (C=O) groups is 1. The Morgan fingerprint density at radius 3 is 2.18 bits per heavy atom. The van der Waals surface area contributed by atoms with Gasteiger partial charge in [-0.3, -0.25) is 0 Å². The molecule has 0 unspecified atom stereocenters. The van der Waals surface area contributed by atoms with Crippen LogP contribution in [-0.2, 0) is 10.2 Å². The van der Waals surface area contributed by atoms with E-state index in [4.69, 9.17) is 14.9 Å². The van der Waals surface area contributed by atoms with Gasteiger partial charge in [-0.15, -0.1) is 0 Å². The van der Waals surface area contributed by atoms with Gasteiger partial charge in [0.2, 0.25) is 0 Å². The summed E-state index contributed by atoms with van der Waals surface area (Å²) in [6.45, 7) is 0.853. The molecule has 0 radical (unpaired) electrons. The van der Waals surface area contributed by atoms with Gasteiger partial charge < -0.3 is 14.9 Å². The largest absolute Gasteiger partial charge is 0.493 e. The van der Waals surface area contributed by atoms with Crippen LogP contribution in [0.5, 0.6) is 5.75 Å². The standard InChI is InChI=1S/C29H34O4/c30-11-1-2-12-33-27-9-8-25(24-6-3-20(4-7-24)5-10-28(31)32)16-26(27)29-17-21-13-22(18-29)15-23(14-21)19-29/h3-10,16,21-23,30H,1-2,11-15,17-19H2,(H,31,32). The minimum atomic E-state index is -0.936. The smallest absolute Gasteiger partial charge is 0.328 e. The van der Waals surface area contributed by atoms with Crippen molar-refractivity contribution in [1.29, 1.82) is 0 Å². The zero-order valence-corrected chi connectivity index (χ0v) is 19.2. The highest BCUT2D eigenvalue weighted by molar-refractivity contribution is 5.85. The molecule has 0 amide bonds. The number of benzene rings is 2. The van der Waals surface area contributed by atoms with Crippen LogP contribution in [0.25, 0.3) is 17.2 Å². The van der Waals surface area contributed by atoms with Crippen molar-refractivity contribution >= 4 is 12.0 Å². The van der Waals surface area contributed by atoms with Crippen LogP contribution in [0.15, 0.2) is 48.5 Å². The number of ether oxygens (including phenoxy) is 1. The fraction of sp³-hybridized carbons (Fsp3) is 0.483. The summed E-state index contributed by atoms with van der Waals surface area (Å²) in [5.74, 6) is 2.68. The molecule has 0 atom stereocenters. The Kier molecular flexibility index (Phi) is 6.29. The molecule has 0 saturated heterocycles. The zero-order chi connectivity index (χ0) is 22.8. The van der Waals surface area contributed by atoms with E-state index in [-0.39, 0.29) is 12.0 Å². The lowest BCUT2D eigenvalue weighted by molar-refractivity contribution is -0.131. The average Bonchev–Trinajstić information content (AvgIpc) is 2.80. The first-order valence-electron chi connectivity index (χ1n) is 12.4. The highest BCUT2D eigenvalue weighted by Crippen LogP contribution is 2.62. The molecule has 174 valence electrons. The maximum atomic E-state index is 10.8. The molecular weight excluding hydrogens is 412 g/mol. The van der Waals surface area contributed by atoms with E-state index in [1.807, 2.05) is 12.1 Å². The van der Waals surface area contributed by atoms with E-state index in [0.29, 0.717) is 6.61 Å². The van der Waals surface area contributed by atoms with Crippen LogP contribution >= 0.6 is 0 Å². The molecule has 4 nitrogen and oxygen atoms in total. The van der Waals surface area contributed by atoms with E-state index >= 15 is 0 Å². The first kappa shape index (κ1) is 22.2. The van der Waals surface area contributed by atoms with Crippen molar-refractivity contribution in [3.63, 3.8) is 0 Å². The predicted molar refractivity (Wildman–Crippen MR) is 130 cm³/mol. The minimum absolute atomic E-state index is 0.210. The molecule has 4 heteroatoms. The molecule has 2 aromatic carbocycles. The Hall–Kier alpha value is -2.59. The third kappa shape index (κ3) is 4.72. The first-order chi connectivity index (χ1) is 16.0. The van der Waals surface area contributed by atoms with Gasteiger partial charge >= 0.3 is 5.97 Å². The molecule has 4 bridgehead atoms. The molecule has 33 heavy (non-hydrogen) atoms. The molecule has 0 heterocycles. The second-order valence-corrected chi connectivity index (χ2v) is 10.5. The summed E-state index contributed by atoms with van der Waals surface area (Å²) < 4.78 is 6.32. The lowest BCUT2D eigenvalue weighted by Crippen LogP contribution is -2.48. The monoisotopic (exact) mass is 446 g/mol. The van der Waals surface area contributed by atoms with Crippen LogP contribution in [0.3, 0.4) is 0 Å². The third-order valence-electron chi connectivity index (χ3n) is 8.06. The van der Waals surface area contributed by atoms with Crippen molar-refractivity contribution in [2.75, 3.05) is 13.2 Å². The van der Waals surface area contributed by atoms with E-state index in [2.05, 4.69) is 30.3 Å².